The number of thioether (sulfide) groups is 1. The predicted molar refractivity (Wildman–Crippen MR) is 89.1 cm³/mol. The lowest BCUT2D eigenvalue weighted by molar-refractivity contribution is -0.116. The smallest absolute Gasteiger partial charge is 0.236 e. The standard InChI is InChI=1S/C15H17N3O3S/c1-4-5-11-6-10(7-12(20-2)14(11)21-3)8-16-18-15-17-13(19)9-22-15/h4,6-8H,1,5,9H2,2-3H3,(H,17,18,19). The molecule has 22 heavy (non-hydrogen) atoms. The number of amidine groups is 1. The fourth-order valence-corrected chi connectivity index (χ4v) is 2.61. The lowest BCUT2D eigenvalue weighted by Gasteiger charge is -2.12. The van der Waals surface area contributed by atoms with E-state index in [4.69, 9.17) is 9.47 Å². The number of allylic oxidation sites excluding steroid dienone is 1. The molecule has 1 saturated heterocycles. The average Bonchev–Trinajstić information content (AvgIpc) is 2.92. The van der Waals surface area contributed by atoms with E-state index in [1.807, 2.05) is 12.1 Å². The van der Waals surface area contributed by atoms with E-state index in [-0.39, 0.29) is 5.91 Å². The molecule has 1 aliphatic heterocycles. The van der Waals surface area contributed by atoms with Gasteiger partial charge in [-0.1, -0.05) is 17.8 Å². The molecule has 0 spiro atoms. The van der Waals surface area contributed by atoms with E-state index in [1.54, 1.807) is 26.5 Å². The summed E-state index contributed by atoms with van der Waals surface area (Å²) < 4.78 is 10.7. The van der Waals surface area contributed by atoms with E-state index in [0.29, 0.717) is 28.8 Å². The summed E-state index contributed by atoms with van der Waals surface area (Å²) in [6, 6.07) is 3.75. The van der Waals surface area contributed by atoms with E-state index in [9.17, 15) is 4.79 Å². The number of nitrogens with one attached hydrogen (secondary N) is 1. The summed E-state index contributed by atoms with van der Waals surface area (Å²) in [5.74, 6) is 1.64. The Morgan fingerprint density at radius 1 is 1.41 bits per heavy atom. The number of methoxy groups -OCH3 is 2. The van der Waals surface area contributed by atoms with Crippen molar-refractivity contribution in [3.05, 3.63) is 35.9 Å². The Morgan fingerprint density at radius 2 is 2.23 bits per heavy atom. The number of hydrogen-bond acceptors (Lipinski definition) is 6. The molecule has 0 unspecified atom stereocenters. The molecule has 1 aliphatic rings. The summed E-state index contributed by atoms with van der Waals surface area (Å²) in [7, 11) is 3.19. The van der Waals surface area contributed by atoms with Crippen LogP contribution in [0.3, 0.4) is 0 Å². The number of benzene rings is 1. The SMILES string of the molecule is C=CCc1cc(C=NN=C2NC(=O)CS2)cc(OC)c1OC. The van der Waals surface area contributed by atoms with E-state index in [2.05, 4.69) is 22.1 Å². The third-order valence-electron chi connectivity index (χ3n) is 2.88. The fraction of sp³-hybridized carbons (Fsp3) is 0.267. The first-order chi connectivity index (χ1) is 10.7. The molecule has 1 aromatic rings. The van der Waals surface area contributed by atoms with Crippen LogP contribution in [0.2, 0.25) is 0 Å². The largest absolute Gasteiger partial charge is 0.493 e. The molecule has 0 radical (unpaired) electrons. The van der Waals surface area contributed by atoms with Crippen molar-refractivity contribution >= 4 is 29.1 Å². The Kier molecular flexibility index (Phi) is 5.60. The van der Waals surface area contributed by atoms with Gasteiger partial charge in [-0.05, 0) is 24.1 Å². The third-order valence-corrected chi connectivity index (χ3v) is 3.75. The van der Waals surface area contributed by atoms with Gasteiger partial charge in [0.2, 0.25) is 5.91 Å². The maximum Gasteiger partial charge on any atom is 0.236 e. The maximum atomic E-state index is 11.1. The van der Waals surface area contributed by atoms with Gasteiger partial charge in [0, 0.05) is 5.56 Å². The van der Waals surface area contributed by atoms with Gasteiger partial charge in [-0.25, -0.2) is 0 Å². The molecule has 1 aromatic carbocycles. The highest BCUT2D eigenvalue weighted by Gasteiger charge is 2.16. The monoisotopic (exact) mass is 319 g/mol. The first-order valence-electron chi connectivity index (χ1n) is 6.57. The van der Waals surface area contributed by atoms with Gasteiger partial charge in [-0.2, -0.15) is 5.10 Å². The van der Waals surface area contributed by atoms with Gasteiger partial charge < -0.3 is 14.8 Å². The second kappa shape index (κ2) is 7.65. The normalized spacial score (nSPS) is 16.1. The van der Waals surface area contributed by atoms with Gasteiger partial charge in [-0.15, -0.1) is 11.7 Å². The van der Waals surface area contributed by atoms with Crippen LogP contribution in [0, 0.1) is 0 Å². The summed E-state index contributed by atoms with van der Waals surface area (Å²) >= 11 is 1.33. The van der Waals surface area contributed by atoms with Crippen molar-refractivity contribution in [2.45, 2.75) is 6.42 Å². The first-order valence-corrected chi connectivity index (χ1v) is 7.56. The second-order valence-electron chi connectivity index (χ2n) is 4.39. The highest BCUT2D eigenvalue weighted by Crippen LogP contribution is 2.32. The van der Waals surface area contributed by atoms with E-state index in [1.165, 1.54) is 11.8 Å². The van der Waals surface area contributed by atoms with E-state index < -0.39 is 0 Å². The molecule has 0 atom stereocenters. The van der Waals surface area contributed by atoms with Crippen LogP contribution in [0.25, 0.3) is 0 Å². The molecule has 1 fully saturated rings. The van der Waals surface area contributed by atoms with Crippen LogP contribution in [0.5, 0.6) is 11.5 Å². The number of amides is 1. The highest BCUT2D eigenvalue weighted by atomic mass is 32.2. The van der Waals surface area contributed by atoms with Crippen molar-refractivity contribution in [1.29, 1.82) is 0 Å². The zero-order valence-electron chi connectivity index (χ0n) is 12.5. The van der Waals surface area contributed by atoms with Crippen molar-refractivity contribution in [3.8, 4) is 11.5 Å². The predicted octanol–water partition coefficient (Wildman–Crippen LogP) is 1.99. The van der Waals surface area contributed by atoms with Crippen molar-refractivity contribution in [2.24, 2.45) is 10.2 Å². The Balaban J connectivity index is 2.25. The second-order valence-corrected chi connectivity index (χ2v) is 5.36. The van der Waals surface area contributed by atoms with Gasteiger partial charge in [0.15, 0.2) is 16.7 Å². The average molecular weight is 319 g/mol. The van der Waals surface area contributed by atoms with Crippen molar-refractivity contribution in [1.82, 2.24) is 5.32 Å². The van der Waals surface area contributed by atoms with Crippen LogP contribution < -0.4 is 14.8 Å². The quantitative estimate of drug-likeness (QED) is 0.494. The molecule has 1 amide bonds. The first kappa shape index (κ1) is 16.1. The summed E-state index contributed by atoms with van der Waals surface area (Å²) in [4.78, 5) is 11.1. The lowest BCUT2D eigenvalue weighted by atomic mass is 10.1. The maximum absolute atomic E-state index is 11.1. The number of rotatable bonds is 6. The Hall–Kier alpha value is -2.28. The number of carbonyl (C=O) groups excluding carboxylic acids is 1. The molecular formula is C15H17N3O3S. The molecule has 7 heteroatoms. The molecule has 1 heterocycles. The lowest BCUT2D eigenvalue weighted by Crippen LogP contribution is -2.19. The summed E-state index contributed by atoms with van der Waals surface area (Å²) in [5, 5.41) is 11.1. The zero-order valence-corrected chi connectivity index (χ0v) is 13.3. The molecule has 0 saturated carbocycles. The molecule has 0 aromatic heterocycles. The molecule has 2 rings (SSSR count). The van der Waals surface area contributed by atoms with Gasteiger partial charge in [0.05, 0.1) is 26.2 Å². The van der Waals surface area contributed by atoms with E-state index >= 15 is 0 Å². The van der Waals surface area contributed by atoms with Crippen molar-refractivity contribution in [2.75, 3.05) is 20.0 Å². The Labute approximate surface area is 133 Å². The summed E-state index contributed by atoms with van der Waals surface area (Å²) in [6.07, 6.45) is 4.05. The minimum Gasteiger partial charge on any atom is -0.493 e. The minimum atomic E-state index is -0.0571. The Morgan fingerprint density at radius 3 is 2.82 bits per heavy atom. The topological polar surface area (TPSA) is 72.3 Å². The summed E-state index contributed by atoms with van der Waals surface area (Å²) in [6.45, 7) is 3.74. The van der Waals surface area contributed by atoms with Crippen LogP contribution in [0.4, 0.5) is 0 Å². The number of ether oxygens (including phenoxy) is 2. The van der Waals surface area contributed by atoms with Crippen molar-refractivity contribution < 1.29 is 14.3 Å². The fourth-order valence-electron chi connectivity index (χ4n) is 1.98. The number of hydrogen-bond donors (Lipinski definition) is 1. The molecule has 6 nitrogen and oxygen atoms in total. The van der Waals surface area contributed by atoms with Gasteiger partial charge in [0.1, 0.15) is 0 Å². The van der Waals surface area contributed by atoms with Crippen LogP contribution in [-0.2, 0) is 11.2 Å². The number of carbonyl (C=O) groups is 1. The van der Waals surface area contributed by atoms with Gasteiger partial charge in [-0.3, -0.25) is 4.79 Å². The van der Waals surface area contributed by atoms with E-state index in [0.717, 1.165) is 11.1 Å². The van der Waals surface area contributed by atoms with Crippen LogP contribution in [0.15, 0.2) is 35.0 Å². The molecule has 1 N–H and O–H groups in total. The number of nitrogens with zero attached hydrogens (tertiary/aromatic N) is 2. The molecular weight excluding hydrogens is 302 g/mol. The van der Waals surface area contributed by atoms with Gasteiger partial charge >= 0.3 is 0 Å². The third kappa shape index (κ3) is 3.88. The van der Waals surface area contributed by atoms with Gasteiger partial charge in [0.25, 0.3) is 0 Å². The van der Waals surface area contributed by atoms with Crippen LogP contribution in [0.1, 0.15) is 11.1 Å². The van der Waals surface area contributed by atoms with Crippen LogP contribution in [-0.4, -0.2) is 37.3 Å². The zero-order chi connectivity index (χ0) is 15.9. The van der Waals surface area contributed by atoms with Crippen molar-refractivity contribution in [3.63, 3.8) is 0 Å². The Bertz CT molecular complexity index is 641. The molecule has 0 bridgehead atoms. The minimum absolute atomic E-state index is 0.0571. The van der Waals surface area contributed by atoms with Crippen LogP contribution >= 0.6 is 11.8 Å². The molecule has 116 valence electrons. The summed E-state index contributed by atoms with van der Waals surface area (Å²) in [5.41, 5.74) is 1.78. The molecule has 0 aliphatic carbocycles. The highest BCUT2D eigenvalue weighted by molar-refractivity contribution is 8.15.